The Labute approximate surface area is 131 Å². The summed E-state index contributed by atoms with van der Waals surface area (Å²) in [5.74, 6) is 0.755. The van der Waals surface area contributed by atoms with Gasteiger partial charge in [0.05, 0.1) is 6.54 Å². The van der Waals surface area contributed by atoms with Crippen molar-refractivity contribution in [3.63, 3.8) is 0 Å². The van der Waals surface area contributed by atoms with Crippen LogP contribution in [-0.4, -0.2) is 42.5 Å². The van der Waals surface area contributed by atoms with Crippen LogP contribution in [0.25, 0.3) is 0 Å². The lowest BCUT2D eigenvalue weighted by Gasteiger charge is -2.22. The van der Waals surface area contributed by atoms with Gasteiger partial charge in [0.25, 0.3) is 0 Å². The van der Waals surface area contributed by atoms with E-state index in [1.807, 2.05) is 32.0 Å². The Morgan fingerprint density at radius 2 is 2.00 bits per heavy atom. The van der Waals surface area contributed by atoms with Gasteiger partial charge in [0.1, 0.15) is 18.4 Å². The van der Waals surface area contributed by atoms with E-state index in [4.69, 9.17) is 4.74 Å². The quantitative estimate of drug-likeness (QED) is 0.844. The number of carbonyl (C=O) groups excluding carboxylic acids is 2. The van der Waals surface area contributed by atoms with Crippen LogP contribution in [0.1, 0.15) is 30.9 Å². The Morgan fingerprint density at radius 1 is 1.32 bits per heavy atom. The topological polar surface area (TPSA) is 58.6 Å². The van der Waals surface area contributed by atoms with Crippen LogP contribution >= 0.6 is 0 Å². The molecule has 5 heteroatoms. The van der Waals surface area contributed by atoms with Gasteiger partial charge in [-0.1, -0.05) is 18.2 Å². The van der Waals surface area contributed by atoms with E-state index in [9.17, 15) is 9.59 Å². The Morgan fingerprint density at radius 3 is 2.64 bits per heavy atom. The molecule has 0 aromatic heterocycles. The standard InChI is InChI=1S/C17H24N2O3/c1-12-6-4-7-13(2)16(12)22-11-9-18-17(21)15-8-5-10-19(15)14(3)20/h4,6-7,15H,5,8-11H2,1-3H3,(H,18,21)/t15-/m1/s1. The van der Waals surface area contributed by atoms with Gasteiger partial charge in [0.15, 0.2) is 0 Å². The molecule has 1 aromatic rings. The van der Waals surface area contributed by atoms with Crippen molar-refractivity contribution in [1.82, 2.24) is 10.2 Å². The molecule has 0 radical (unpaired) electrons. The lowest BCUT2D eigenvalue weighted by atomic mass is 10.1. The highest BCUT2D eigenvalue weighted by atomic mass is 16.5. The average Bonchev–Trinajstić information content (AvgIpc) is 2.95. The molecular weight excluding hydrogens is 280 g/mol. The first-order valence-electron chi connectivity index (χ1n) is 7.74. The van der Waals surface area contributed by atoms with Crippen LogP contribution in [0, 0.1) is 13.8 Å². The summed E-state index contributed by atoms with van der Waals surface area (Å²) in [7, 11) is 0. The summed E-state index contributed by atoms with van der Waals surface area (Å²) in [4.78, 5) is 25.3. The zero-order chi connectivity index (χ0) is 16.1. The van der Waals surface area contributed by atoms with Crippen LogP contribution in [0.5, 0.6) is 5.75 Å². The molecule has 22 heavy (non-hydrogen) atoms. The molecule has 0 aliphatic carbocycles. The number of nitrogens with zero attached hydrogens (tertiary/aromatic N) is 1. The zero-order valence-corrected chi connectivity index (χ0v) is 13.5. The average molecular weight is 304 g/mol. The van der Waals surface area contributed by atoms with Crippen molar-refractivity contribution in [3.05, 3.63) is 29.3 Å². The molecule has 1 saturated heterocycles. The third-order valence-corrected chi connectivity index (χ3v) is 4.02. The molecule has 0 unspecified atom stereocenters. The van der Waals surface area contributed by atoms with E-state index >= 15 is 0 Å². The van der Waals surface area contributed by atoms with Gasteiger partial charge in [0, 0.05) is 13.5 Å². The number of hydrogen-bond acceptors (Lipinski definition) is 3. The number of likely N-dealkylation sites (tertiary alicyclic amines) is 1. The van der Waals surface area contributed by atoms with E-state index in [1.54, 1.807) is 4.90 Å². The maximum Gasteiger partial charge on any atom is 0.242 e. The Balaban J connectivity index is 1.79. The maximum atomic E-state index is 12.1. The van der Waals surface area contributed by atoms with Crippen LogP contribution in [0.3, 0.4) is 0 Å². The molecule has 1 aliphatic rings. The fraction of sp³-hybridized carbons (Fsp3) is 0.529. The molecule has 1 N–H and O–H groups in total. The number of ether oxygens (including phenoxy) is 1. The molecule has 1 heterocycles. The first-order valence-corrected chi connectivity index (χ1v) is 7.74. The fourth-order valence-corrected chi connectivity index (χ4v) is 2.89. The van der Waals surface area contributed by atoms with Crippen LogP contribution in [-0.2, 0) is 9.59 Å². The van der Waals surface area contributed by atoms with Gasteiger partial charge < -0.3 is 15.0 Å². The van der Waals surface area contributed by atoms with Crippen molar-refractivity contribution < 1.29 is 14.3 Å². The predicted molar refractivity (Wildman–Crippen MR) is 84.8 cm³/mol. The summed E-state index contributed by atoms with van der Waals surface area (Å²) < 4.78 is 5.76. The molecule has 120 valence electrons. The van der Waals surface area contributed by atoms with Gasteiger partial charge in [-0.25, -0.2) is 0 Å². The summed E-state index contributed by atoms with van der Waals surface area (Å²) >= 11 is 0. The maximum absolute atomic E-state index is 12.1. The van der Waals surface area contributed by atoms with Crippen LogP contribution in [0.2, 0.25) is 0 Å². The molecule has 1 aliphatic heterocycles. The minimum atomic E-state index is -0.322. The Hall–Kier alpha value is -2.04. The fourth-order valence-electron chi connectivity index (χ4n) is 2.89. The molecule has 5 nitrogen and oxygen atoms in total. The smallest absolute Gasteiger partial charge is 0.242 e. The van der Waals surface area contributed by atoms with Crippen molar-refractivity contribution in [1.29, 1.82) is 0 Å². The third kappa shape index (κ3) is 3.78. The minimum Gasteiger partial charge on any atom is -0.491 e. The summed E-state index contributed by atoms with van der Waals surface area (Å²) in [6.45, 7) is 7.05. The number of benzene rings is 1. The largest absolute Gasteiger partial charge is 0.491 e. The van der Waals surface area contributed by atoms with Crippen LogP contribution in [0.15, 0.2) is 18.2 Å². The van der Waals surface area contributed by atoms with Crippen molar-refractivity contribution in [2.24, 2.45) is 0 Å². The lowest BCUT2D eigenvalue weighted by Crippen LogP contribution is -2.46. The summed E-state index contributed by atoms with van der Waals surface area (Å²) in [5, 5.41) is 2.86. The van der Waals surface area contributed by atoms with Crippen molar-refractivity contribution in [3.8, 4) is 5.75 Å². The molecule has 1 atom stereocenters. The van der Waals surface area contributed by atoms with Gasteiger partial charge in [0.2, 0.25) is 11.8 Å². The number of carbonyl (C=O) groups is 2. The van der Waals surface area contributed by atoms with E-state index in [-0.39, 0.29) is 17.9 Å². The highest BCUT2D eigenvalue weighted by Gasteiger charge is 2.31. The Kier molecular flexibility index (Phi) is 5.41. The van der Waals surface area contributed by atoms with Crippen molar-refractivity contribution in [2.75, 3.05) is 19.7 Å². The van der Waals surface area contributed by atoms with Gasteiger partial charge in [-0.05, 0) is 37.8 Å². The monoisotopic (exact) mass is 304 g/mol. The van der Waals surface area contributed by atoms with Gasteiger partial charge in [-0.2, -0.15) is 0 Å². The summed E-state index contributed by atoms with van der Waals surface area (Å²) in [6, 6.07) is 5.68. The van der Waals surface area contributed by atoms with Gasteiger partial charge in [-0.3, -0.25) is 9.59 Å². The van der Waals surface area contributed by atoms with Crippen LogP contribution < -0.4 is 10.1 Å². The number of aryl methyl sites for hydroxylation is 2. The molecule has 2 amide bonds. The highest BCUT2D eigenvalue weighted by Crippen LogP contribution is 2.22. The number of para-hydroxylation sites is 1. The number of nitrogens with one attached hydrogen (secondary N) is 1. The van der Waals surface area contributed by atoms with E-state index in [1.165, 1.54) is 6.92 Å². The molecule has 1 fully saturated rings. The molecule has 0 spiro atoms. The summed E-state index contributed by atoms with van der Waals surface area (Å²) in [5.41, 5.74) is 2.18. The molecule has 0 saturated carbocycles. The Bertz CT molecular complexity index is 537. The normalized spacial score (nSPS) is 17.4. The number of hydrogen-bond donors (Lipinski definition) is 1. The lowest BCUT2D eigenvalue weighted by molar-refractivity contribution is -0.136. The SMILES string of the molecule is CC(=O)N1CCC[C@@H]1C(=O)NCCOc1c(C)cccc1C. The van der Waals surface area contributed by atoms with E-state index < -0.39 is 0 Å². The first kappa shape index (κ1) is 16.3. The van der Waals surface area contributed by atoms with E-state index in [2.05, 4.69) is 5.32 Å². The second kappa shape index (κ2) is 7.29. The van der Waals surface area contributed by atoms with Crippen molar-refractivity contribution in [2.45, 2.75) is 39.7 Å². The van der Waals surface area contributed by atoms with Crippen LogP contribution in [0.4, 0.5) is 0 Å². The number of rotatable bonds is 5. The molecule has 1 aromatic carbocycles. The second-order valence-corrected chi connectivity index (χ2v) is 5.73. The third-order valence-electron chi connectivity index (χ3n) is 4.02. The van der Waals surface area contributed by atoms with Gasteiger partial charge >= 0.3 is 0 Å². The zero-order valence-electron chi connectivity index (χ0n) is 13.5. The van der Waals surface area contributed by atoms with E-state index in [0.717, 1.165) is 29.7 Å². The molecule has 2 rings (SSSR count). The van der Waals surface area contributed by atoms with Crippen molar-refractivity contribution >= 4 is 11.8 Å². The minimum absolute atomic E-state index is 0.0376. The predicted octanol–water partition coefficient (Wildman–Crippen LogP) is 1.81. The summed E-state index contributed by atoms with van der Waals surface area (Å²) in [6.07, 6.45) is 1.62. The first-order chi connectivity index (χ1) is 10.5. The molecular formula is C17H24N2O3. The second-order valence-electron chi connectivity index (χ2n) is 5.73. The van der Waals surface area contributed by atoms with E-state index in [0.29, 0.717) is 19.7 Å². The highest BCUT2D eigenvalue weighted by molar-refractivity contribution is 5.87. The van der Waals surface area contributed by atoms with Gasteiger partial charge in [-0.15, -0.1) is 0 Å². The number of amides is 2. The molecule has 0 bridgehead atoms.